The van der Waals surface area contributed by atoms with Gasteiger partial charge in [-0.1, -0.05) is 48.5 Å². The molecule has 210 valence electrons. The molecule has 5 nitrogen and oxygen atoms in total. The lowest BCUT2D eigenvalue weighted by atomic mass is 9.45. The molecule has 1 aromatic rings. The molecular formula is C29H31Cl2F2NO4S. The Morgan fingerprint density at radius 1 is 1.26 bits per heavy atom. The highest BCUT2D eigenvalue weighted by Crippen LogP contribution is 2.73. The fourth-order valence-electron chi connectivity index (χ4n) is 8.68. The Morgan fingerprint density at radius 2 is 1.97 bits per heavy atom. The number of hydroxylamine groups is 2. The largest absolute Gasteiger partial charge is 0.390 e. The van der Waals surface area contributed by atoms with Crippen LogP contribution < -0.4 is 0 Å². The smallest absolute Gasteiger partial charge is 0.224 e. The van der Waals surface area contributed by atoms with Crippen molar-refractivity contribution in [3.8, 4) is 0 Å². The maximum absolute atomic E-state index is 17.5. The highest BCUT2D eigenvalue weighted by molar-refractivity contribution is 8.14. The molecule has 1 saturated heterocycles. The van der Waals surface area contributed by atoms with E-state index >= 15 is 8.78 Å². The fourth-order valence-corrected chi connectivity index (χ4v) is 9.85. The average Bonchev–Trinajstić information content (AvgIpc) is 3.36. The first-order valence-electron chi connectivity index (χ1n) is 13.3. The van der Waals surface area contributed by atoms with E-state index in [9.17, 15) is 14.7 Å². The Hall–Kier alpha value is -1.29. The molecular weight excluding hydrogens is 567 g/mol. The molecule has 1 aliphatic heterocycles. The molecule has 8 atom stereocenters. The van der Waals surface area contributed by atoms with Crippen molar-refractivity contribution in [3.63, 3.8) is 0 Å². The number of ketones is 1. The Kier molecular flexibility index (Phi) is 6.69. The number of hydrogen-bond acceptors (Lipinski definition) is 6. The number of fused-ring (bicyclic) bond motifs is 7. The summed E-state index contributed by atoms with van der Waals surface area (Å²) in [6, 6.07) is 7.37. The molecule has 39 heavy (non-hydrogen) atoms. The van der Waals surface area contributed by atoms with Crippen molar-refractivity contribution < 1.29 is 28.3 Å². The summed E-state index contributed by atoms with van der Waals surface area (Å²) < 4.78 is 33.2. The second-order valence-corrected chi connectivity index (χ2v) is 14.1. The van der Waals surface area contributed by atoms with E-state index in [4.69, 9.17) is 28.0 Å². The number of hydrogen-bond donors (Lipinski definition) is 1. The fraction of sp³-hybridized carbons (Fsp3) is 0.586. The monoisotopic (exact) mass is 597 g/mol. The van der Waals surface area contributed by atoms with Crippen LogP contribution in [0.25, 0.3) is 0 Å². The molecule has 0 aromatic heterocycles. The average molecular weight is 599 g/mol. The van der Waals surface area contributed by atoms with Crippen LogP contribution in [0.15, 0.2) is 47.8 Å². The van der Waals surface area contributed by atoms with Gasteiger partial charge in [-0.25, -0.2) is 8.78 Å². The van der Waals surface area contributed by atoms with Crippen molar-refractivity contribution >= 4 is 45.9 Å². The third-order valence-corrected chi connectivity index (χ3v) is 11.7. The molecule has 4 aliphatic carbocycles. The molecule has 0 bridgehead atoms. The summed E-state index contributed by atoms with van der Waals surface area (Å²) in [7, 11) is 0. The van der Waals surface area contributed by atoms with Crippen LogP contribution in [-0.2, 0) is 21.0 Å². The van der Waals surface area contributed by atoms with Gasteiger partial charge in [-0.3, -0.25) is 14.4 Å². The van der Waals surface area contributed by atoms with Crippen LogP contribution in [0, 0.1) is 28.6 Å². The zero-order valence-electron chi connectivity index (χ0n) is 21.8. The molecule has 0 spiro atoms. The van der Waals surface area contributed by atoms with E-state index in [1.807, 2.05) is 19.1 Å². The topological polar surface area (TPSA) is 66.8 Å². The van der Waals surface area contributed by atoms with Gasteiger partial charge in [0.05, 0.1) is 11.3 Å². The van der Waals surface area contributed by atoms with Gasteiger partial charge < -0.3 is 5.11 Å². The molecule has 5 aliphatic rings. The summed E-state index contributed by atoms with van der Waals surface area (Å²) >= 11 is 13.0. The SMILES string of the molecule is C[C@]12C=CC(=O)CC1=C(F)C[C@H]1[C@@H]3C[C@H]4CN(Cc5ccc(Cl)cc5)O[C@@]4(C(=O)SCCl)[C@@]3(C)C[C@H](O)[C@@]12F. The highest BCUT2D eigenvalue weighted by Gasteiger charge is 2.79. The minimum Gasteiger partial charge on any atom is -0.390 e. The second kappa shape index (κ2) is 9.36. The number of thioether (sulfide) groups is 1. The van der Waals surface area contributed by atoms with E-state index in [1.165, 1.54) is 12.2 Å². The highest BCUT2D eigenvalue weighted by atomic mass is 35.5. The molecule has 0 unspecified atom stereocenters. The Morgan fingerprint density at radius 3 is 2.67 bits per heavy atom. The number of benzene rings is 1. The van der Waals surface area contributed by atoms with Crippen LogP contribution in [0.1, 0.15) is 45.1 Å². The number of carbonyl (C=O) groups excluding carboxylic acids is 2. The quantitative estimate of drug-likeness (QED) is 0.418. The molecule has 1 N–H and O–H groups in total. The van der Waals surface area contributed by atoms with Crippen molar-refractivity contribution in [1.29, 1.82) is 0 Å². The number of aliphatic hydroxyl groups excluding tert-OH is 1. The van der Waals surface area contributed by atoms with Crippen molar-refractivity contribution in [1.82, 2.24) is 5.06 Å². The van der Waals surface area contributed by atoms with Crippen LogP contribution in [-0.4, -0.2) is 50.2 Å². The van der Waals surface area contributed by atoms with Gasteiger partial charge in [0, 0.05) is 53.6 Å². The van der Waals surface area contributed by atoms with E-state index in [0.29, 0.717) is 24.5 Å². The van der Waals surface area contributed by atoms with E-state index in [0.717, 1.165) is 17.3 Å². The minimum atomic E-state index is -2.19. The summed E-state index contributed by atoms with van der Waals surface area (Å²) in [5.41, 5.74) is -4.86. The Labute approximate surface area is 240 Å². The van der Waals surface area contributed by atoms with Crippen LogP contribution >= 0.6 is 35.0 Å². The zero-order valence-corrected chi connectivity index (χ0v) is 24.1. The standard InChI is InChI=1S/C29H31Cl2F2NO4S/c1-26-8-7-19(35)10-22(26)23(32)11-21-20-9-17-14-34(13-16-3-5-18(31)6-4-16)38-29(17,25(37)39-15-30)27(20,2)12-24(36)28(21,26)33/h3-8,17,20-21,24,36H,9-15H2,1-2H3/t17-,20-,21-,24-,26-,27-,28-,29-/m0/s1. The van der Waals surface area contributed by atoms with Crippen LogP contribution in [0.3, 0.4) is 0 Å². The molecule has 0 amide bonds. The lowest BCUT2D eigenvalue weighted by molar-refractivity contribution is -0.263. The summed E-state index contributed by atoms with van der Waals surface area (Å²) in [6.07, 6.45) is 1.28. The van der Waals surface area contributed by atoms with Crippen molar-refractivity contribution in [2.45, 2.75) is 63.4 Å². The van der Waals surface area contributed by atoms with Gasteiger partial charge in [0.15, 0.2) is 17.1 Å². The normalized spacial score (nSPS) is 43.2. The van der Waals surface area contributed by atoms with Gasteiger partial charge in [-0.2, -0.15) is 5.06 Å². The lowest BCUT2D eigenvalue weighted by Gasteiger charge is -2.62. The molecule has 1 heterocycles. The van der Waals surface area contributed by atoms with E-state index < -0.39 is 45.9 Å². The predicted octanol–water partition coefficient (Wildman–Crippen LogP) is 6.18. The van der Waals surface area contributed by atoms with Crippen molar-refractivity contribution in [3.05, 3.63) is 58.4 Å². The lowest BCUT2D eigenvalue weighted by Crippen LogP contribution is -2.69. The number of nitrogens with zero attached hydrogens (tertiary/aromatic N) is 1. The molecule has 0 radical (unpaired) electrons. The molecule has 6 rings (SSSR count). The number of allylic oxidation sites excluding steroid dienone is 4. The molecule has 10 heteroatoms. The zero-order chi connectivity index (χ0) is 28.0. The third kappa shape index (κ3) is 3.67. The number of alkyl halides is 2. The van der Waals surface area contributed by atoms with Gasteiger partial charge in [0.25, 0.3) is 0 Å². The Balaban J connectivity index is 1.40. The maximum Gasteiger partial charge on any atom is 0.224 e. The summed E-state index contributed by atoms with van der Waals surface area (Å²) in [6.45, 7) is 4.33. The first-order chi connectivity index (χ1) is 18.4. The van der Waals surface area contributed by atoms with E-state index in [2.05, 4.69) is 0 Å². The molecule has 2 saturated carbocycles. The van der Waals surface area contributed by atoms with E-state index in [1.54, 1.807) is 24.1 Å². The van der Waals surface area contributed by atoms with Gasteiger partial charge in [-0.15, -0.1) is 11.6 Å². The number of rotatable bonds is 4. The van der Waals surface area contributed by atoms with Gasteiger partial charge >= 0.3 is 0 Å². The predicted molar refractivity (Wildman–Crippen MR) is 146 cm³/mol. The van der Waals surface area contributed by atoms with Gasteiger partial charge in [-0.05, 0) is 55.0 Å². The summed E-state index contributed by atoms with van der Waals surface area (Å²) in [4.78, 5) is 32.6. The number of carbonyl (C=O) groups is 2. The van der Waals surface area contributed by atoms with Crippen LogP contribution in [0.5, 0.6) is 0 Å². The number of halogens is 4. The third-order valence-electron chi connectivity index (χ3n) is 10.5. The van der Waals surface area contributed by atoms with Gasteiger partial charge in [0.1, 0.15) is 5.83 Å². The first kappa shape index (κ1) is 27.9. The van der Waals surface area contributed by atoms with Crippen molar-refractivity contribution in [2.75, 3.05) is 11.8 Å². The molecule has 1 aromatic carbocycles. The maximum atomic E-state index is 17.5. The summed E-state index contributed by atoms with van der Waals surface area (Å²) in [5.74, 6) is -2.36. The van der Waals surface area contributed by atoms with Crippen LogP contribution in [0.2, 0.25) is 5.02 Å². The summed E-state index contributed by atoms with van der Waals surface area (Å²) in [5, 5.41) is 13.8. The minimum absolute atomic E-state index is 0.0309. The van der Waals surface area contributed by atoms with Crippen molar-refractivity contribution in [2.24, 2.45) is 28.6 Å². The second-order valence-electron chi connectivity index (χ2n) is 12.1. The number of aliphatic hydroxyl groups is 1. The van der Waals surface area contributed by atoms with Gasteiger partial charge in [0.2, 0.25) is 5.12 Å². The Bertz CT molecular complexity index is 1290. The van der Waals surface area contributed by atoms with E-state index in [-0.39, 0.29) is 46.9 Å². The first-order valence-corrected chi connectivity index (χ1v) is 15.2. The molecule has 3 fully saturated rings. The van der Waals surface area contributed by atoms with Crippen LogP contribution in [0.4, 0.5) is 8.78 Å².